The van der Waals surface area contributed by atoms with Crippen molar-refractivity contribution in [2.45, 2.75) is 18.6 Å². The Morgan fingerprint density at radius 2 is 2.12 bits per heavy atom. The highest BCUT2D eigenvalue weighted by molar-refractivity contribution is 5.69. The van der Waals surface area contributed by atoms with Crippen molar-refractivity contribution in [1.29, 1.82) is 5.26 Å². The van der Waals surface area contributed by atoms with Crippen LogP contribution in [0.25, 0.3) is 11.1 Å². The average Bonchev–Trinajstić information content (AvgIpc) is 3.54. The lowest BCUT2D eigenvalue weighted by Crippen LogP contribution is -2.43. The number of oxazole rings is 1. The van der Waals surface area contributed by atoms with E-state index in [0.29, 0.717) is 30.3 Å². The summed E-state index contributed by atoms with van der Waals surface area (Å²) in [5.41, 5.74) is 4.63. The lowest BCUT2D eigenvalue weighted by Gasteiger charge is -2.32. The number of nitrogens with one attached hydrogen (secondary N) is 2. The van der Waals surface area contributed by atoms with Gasteiger partial charge in [-0.05, 0) is 36.7 Å². The molecule has 0 amide bonds. The molecule has 9 nitrogen and oxygen atoms in total. The quantitative estimate of drug-likeness (QED) is 0.450. The molecule has 1 aromatic carbocycles. The zero-order chi connectivity index (χ0) is 22.6. The van der Waals surface area contributed by atoms with Crippen LogP contribution < -0.4 is 15.4 Å². The summed E-state index contributed by atoms with van der Waals surface area (Å²) in [5.74, 6) is 1.26. The first-order valence-electron chi connectivity index (χ1n) is 10.7. The number of hydrogen-bond acceptors (Lipinski definition) is 8. The molecule has 166 valence electrons. The molecular formula is C24H23N7O2. The highest BCUT2D eigenvalue weighted by Crippen LogP contribution is 2.34. The van der Waals surface area contributed by atoms with Crippen molar-refractivity contribution in [3.63, 3.8) is 0 Å². The molecule has 4 aromatic rings. The molecule has 0 bridgehead atoms. The molecule has 33 heavy (non-hydrogen) atoms. The molecular weight excluding hydrogens is 418 g/mol. The third-order valence-electron chi connectivity index (χ3n) is 5.64. The van der Waals surface area contributed by atoms with Crippen LogP contribution in [-0.4, -0.2) is 38.9 Å². The van der Waals surface area contributed by atoms with Gasteiger partial charge in [-0.1, -0.05) is 12.1 Å². The standard InChI is InChI=1S/C24H23N7O2/c1-31-14-19(11-30-31)18-8-20-24(29-10-18)33-22(13-28-20)23(21-12-26-15-32-21)27-7-6-16-2-4-17(9-25)5-3-16/h2-5,8,10-12,14-15,22-23,27-28H,6-7,13H2,1H3/t22-,23?/m1/s1. The number of fused-ring (bicyclic) bond motifs is 1. The minimum absolute atomic E-state index is 0.202. The lowest BCUT2D eigenvalue weighted by molar-refractivity contribution is 0.139. The van der Waals surface area contributed by atoms with Crippen LogP contribution >= 0.6 is 0 Å². The topological polar surface area (TPSA) is 114 Å². The highest BCUT2D eigenvalue weighted by atomic mass is 16.5. The van der Waals surface area contributed by atoms with E-state index >= 15 is 0 Å². The van der Waals surface area contributed by atoms with Crippen LogP contribution in [0.3, 0.4) is 0 Å². The molecule has 0 saturated heterocycles. The fourth-order valence-corrected chi connectivity index (χ4v) is 3.89. The molecule has 2 N–H and O–H groups in total. The highest BCUT2D eigenvalue weighted by Gasteiger charge is 2.31. The van der Waals surface area contributed by atoms with E-state index in [1.165, 1.54) is 6.39 Å². The SMILES string of the molecule is Cn1cc(-c2cnc3c(c2)NC[C@H](C(NCCc2ccc(C#N)cc2)c2cnco2)O3)cn1. The first-order chi connectivity index (χ1) is 16.2. The smallest absolute Gasteiger partial charge is 0.237 e. The summed E-state index contributed by atoms with van der Waals surface area (Å²) in [6.45, 7) is 1.29. The van der Waals surface area contributed by atoms with E-state index in [9.17, 15) is 0 Å². The fourth-order valence-electron chi connectivity index (χ4n) is 3.89. The van der Waals surface area contributed by atoms with Crippen LogP contribution in [0.15, 0.2) is 65.9 Å². The Bertz CT molecular complexity index is 1260. The molecule has 4 heterocycles. The second-order valence-corrected chi connectivity index (χ2v) is 7.91. The van der Waals surface area contributed by atoms with Gasteiger partial charge in [-0.15, -0.1) is 0 Å². The normalized spacial score (nSPS) is 15.7. The van der Waals surface area contributed by atoms with E-state index in [1.807, 2.05) is 49.8 Å². The number of aryl methyl sites for hydroxylation is 1. The second kappa shape index (κ2) is 9.14. The maximum Gasteiger partial charge on any atom is 0.237 e. The van der Waals surface area contributed by atoms with Crippen LogP contribution in [0.5, 0.6) is 5.88 Å². The van der Waals surface area contributed by atoms with Gasteiger partial charge in [0.15, 0.2) is 6.39 Å². The summed E-state index contributed by atoms with van der Waals surface area (Å²) < 4.78 is 13.6. The summed E-state index contributed by atoms with van der Waals surface area (Å²) in [6, 6.07) is 11.6. The second-order valence-electron chi connectivity index (χ2n) is 7.91. The number of rotatable bonds is 7. The molecule has 1 unspecified atom stereocenters. The Morgan fingerprint density at radius 3 is 2.85 bits per heavy atom. The third-order valence-corrected chi connectivity index (χ3v) is 5.64. The summed E-state index contributed by atoms with van der Waals surface area (Å²) >= 11 is 0. The molecule has 5 rings (SSSR count). The van der Waals surface area contributed by atoms with Crippen LogP contribution in [0.2, 0.25) is 0 Å². The zero-order valence-corrected chi connectivity index (χ0v) is 18.1. The van der Waals surface area contributed by atoms with Gasteiger partial charge in [0.25, 0.3) is 0 Å². The van der Waals surface area contributed by atoms with Gasteiger partial charge in [-0.3, -0.25) is 4.68 Å². The summed E-state index contributed by atoms with van der Waals surface area (Å²) in [4.78, 5) is 8.62. The number of pyridine rings is 1. The Hall–Kier alpha value is -4.16. The minimum Gasteiger partial charge on any atom is -0.469 e. The van der Waals surface area contributed by atoms with Gasteiger partial charge in [0.2, 0.25) is 5.88 Å². The molecule has 0 aliphatic carbocycles. The van der Waals surface area contributed by atoms with Crippen molar-refractivity contribution in [3.8, 4) is 23.1 Å². The number of nitriles is 1. The number of anilines is 1. The Kier molecular flexibility index (Phi) is 5.74. The molecule has 0 radical (unpaired) electrons. The number of hydrogen-bond donors (Lipinski definition) is 2. The lowest BCUT2D eigenvalue weighted by atomic mass is 10.1. The summed E-state index contributed by atoms with van der Waals surface area (Å²) in [5, 5.41) is 20.2. The van der Waals surface area contributed by atoms with E-state index in [2.05, 4.69) is 31.8 Å². The molecule has 1 aliphatic rings. The molecule has 0 fully saturated rings. The Balaban J connectivity index is 1.28. The van der Waals surface area contributed by atoms with Gasteiger partial charge in [-0.2, -0.15) is 10.4 Å². The molecule has 3 aromatic heterocycles. The monoisotopic (exact) mass is 441 g/mol. The Morgan fingerprint density at radius 1 is 1.24 bits per heavy atom. The van der Waals surface area contributed by atoms with Crippen molar-refractivity contribution in [3.05, 3.63) is 78.4 Å². The molecule has 1 aliphatic heterocycles. The predicted molar refractivity (Wildman–Crippen MR) is 121 cm³/mol. The first-order valence-corrected chi connectivity index (χ1v) is 10.7. The molecule has 0 spiro atoms. The number of ether oxygens (including phenoxy) is 1. The Labute approximate surface area is 191 Å². The molecule has 0 saturated carbocycles. The van der Waals surface area contributed by atoms with Gasteiger partial charge in [-0.25, -0.2) is 9.97 Å². The first kappa shape index (κ1) is 20.7. The van der Waals surface area contributed by atoms with Gasteiger partial charge >= 0.3 is 0 Å². The van der Waals surface area contributed by atoms with Crippen LogP contribution in [0.1, 0.15) is 22.9 Å². The molecule has 2 atom stereocenters. The van der Waals surface area contributed by atoms with E-state index in [0.717, 1.165) is 28.8 Å². The zero-order valence-electron chi connectivity index (χ0n) is 18.1. The van der Waals surface area contributed by atoms with Crippen molar-refractivity contribution in [2.75, 3.05) is 18.4 Å². The van der Waals surface area contributed by atoms with E-state index < -0.39 is 0 Å². The van der Waals surface area contributed by atoms with Gasteiger partial charge in [0, 0.05) is 30.6 Å². The molecule has 9 heteroatoms. The number of aromatic nitrogens is 4. The van der Waals surface area contributed by atoms with Crippen molar-refractivity contribution < 1.29 is 9.15 Å². The van der Waals surface area contributed by atoms with E-state index in [1.54, 1.807) is 17.1 Å². The number of nitrogens with zero attached hydrogens (tertiary/aromatic N) is 5. The minimum atomic E-state index is -0.233. The van der Waals surface area contributed by atoms with Gasteiger partial charge < -0.3 is 19.8 Å². The average molecular weight is 441 g/mol. The van der Waals surface area contributed by atoms with Crippen LogP contribution in [0.4, 0.5) is 5.69 Å². The van der Waals surface area contributed by atoms with Crippen LogP contribution in [0, 0.1) is 11.3 Å². The largest absolute Gasteiger partial charge is 0.469 e. The maximum atomic E-state index is 8.96. The van der Waals surface area contributed by atoms with E-state index in [-0.39, 0.29) is 12.1 Å². The fraction of sp³-hybridized carbons (Fsp3) is 0.250. The van der Waals surface area contributed by atoms with Crippen LogP contribution in [-0.2, 0) is 13.5 Å². The summed E-state index contributed by atoms with van der Waals surface area (Å²) in [6.07, 6.45) is 9.26. The van der Waals surface area contributed by atoms with Crippen molar-refractivity contribution in [1.82, 2.24) is 25.1 Å². The summed E-state index contributed by atoms with van der Waals surface area (Å²) in [7, 11) is 1.89. The maximum absolute atomic E-state index is 8.96. The predicted octanol–water partition coefficient (Wildman–Crippen LogP) is 3.09. The third kappa shape index (κ3) is 4.56. The van der Waals surface area contributed by atoms with Crippen molar-refractivity contribution >= 4 is 5.69 Å². The number of benzene rings is 1. The van der Waals surface area contributed by atoms with E-state index in [4.69, 9.17) is 14.4 Å². The van der Waals surface area contributed by atoms with Crippen molar-refractivity contribution in [2.24, 2.45) is 7.05 Å². The van der Waals surface area contributed by atoms with Gasteiger partial charge in [0.1, 0.15) is 17.9 Å². The van der Waals surface area contributed by atoms with Gasteiger partial charge in [0.05, 0.1) is 36.3 Å².